The quantitative estimate of drug-likeness (QED) is 0.779. The Kier molecular flexibility index (Phi) is 3.68. The van der Waals surface area contributed by atoms with Gasteiger partial charge in [0.05, 0.1) is 21.7 Å². The predicted molar refractivity (Wildman–Crippen MR) is 82.6 cm³/mol. The number of nitrogens with one attached hydrogen (secondary N) is 2. The van der Waals surface area contributed by atoms with Crippen molar-refractivity contribution < 1.29 is 9.18 Å². The van der Waals surface area contributed by atoms with Gasteiger partial charge in [0.1, 0.15) is 12.4 Å². The third-order valence-electron chi connectivity index (χ3n) is 3.19. The van der Waals surface area contributed by atoms with Crippen molar-refractivity contribution in [2.24, 2.45) is 0 Å². The van der Waals surface area contributed by atoms with E-state index in [1.807, 2.05) is 0 Å². The Morgan fingerprint density at radius 1 is 1.27 bits per heavy atom. The van der Waals surface area contributed by atoms with Crippen LogP contribution in [0.1, 0.15) is 0 Å². The van der Waals surface area contributed by atoms with Crippen molar-refractivity contribution in [1.29, 1.82) is 0 Å². The number of aromatic amines is 1. The fourth-order valence-electron chi connectivity index (χ4n) is 2.19. The van der Waals surface area contributed by atoms with E-state index < -0.39 is 17.4 Å². The summed E-state index contributed by atoms with van der Waals surface area (Å²) in [6.45, 7) is -0.199. The van der Waals surface area contributed by atoms with Crippen molar-refractivity contribution in [3.8, 4) is 0 Å². The molecule has 0 radical (unpaired) electrons. The van der Waals surface area contributed by atoms with Crippen molar-refractivity contribution >= 4 is 34.2 Å². The fraction of sp³-hybridized carbons (Fsp3) is 0.0667. The molecule has 0 bridgehead atoms. The number of carbonyl (C=O) groups is 1. The van der Waals surface area contributed by atoms with E-state index in [-0.39, 0.29) is 6.54 Å². The van der Waals surface area contributed by atoms with E-state index >= 15 is 0 Å². The maximum absolute atomic E-state index is 13.1. The monoisotopic (exact) mass is 319 g/mol. The Hall–Kier alpha value is -2.60. The highest BCUT2D eigenvalue weighted by Crippen LogP contribution is 2.20. The summed E-state index contributed by atoms with van der Waals surface area (Å²) < 4.78 is 14.4. The third-order valence-corrected chi connectivity index (χ3v) is 3.52. The summed E-state index contributed by atoms with van der Waals surface area (Å²) in [5.74, 6) is -0.859. The zero-order chi connectivity index (χ0) is 15.7. The van der Waals surface area contributed by atoms with Crippen LogP contribution in [0.15, 0.2) is 47.3 Å². The topological polar surface area (TPSA) is 66.9 Å². The minimum atomic E-state index is -0.477. The van der Waals surface area contributed by atoms with Crippen LogP contribution >= 0.6 is 11.6 Å². The third kappa shape index (κ3) is 2.73. The number of carbonyl (C=O) groups excluding carboxylic acids is 1. The molecule has 0 aliphatic carbocycles. The lowest BCUT2D eigenvalue weighted by Gasteiger charge is -2.07. The van der Waals surface area contributed by atoms with E-state index in [1.165, 1.54) is 22.8 Å². The summed E-state index contributed by atoms with van der Waals surface area (Å²) >= 11 is 5.96. The molecule has 2 aromatic carbocycles. The molecular formula is C15H11ClFN3O2. The van der Waals surface area contributed by atoms with Crippen molar-refractivity contribution in [3.05, 3.63) is 63.8 Å². The number of nitrogens with zero attached hydrogens (tertiary/aromatic N) is 1. The first-order valence-corrected chi connectivity index (χ1v) is 6.85. The molecule has 5 nitrogen and oxygen atoms in total. The zero-order valence-electron chi connectivity index (χ0n) is 11.3. The lowest BCUT2D eigenvalue weighted by molar-refractivity contribution is -0.116. The molecule has 0 saturated carbocycles. The van der Waals surface area contributed by atoms with Gasteiger partial charge in [-0.3, -0.25) is 9.36 Å². The van der Waals surface area contributed by atoms with E-state index in [4.69, 9.17) is 11.6 Å². The highest BCUT2D eigenvalue weighted by molar-refractivity contribution is 6.33. The van der Waals surface area contributed by atoms with Crippen LogP contribution in [0.25, 0.3) is 11.0 Å². The van der Waals surface area contributed by atoms with Crippen molar-refractivity contribution in [2.75, 3.05) is 5.32 Å². The molecule has 3 aromatic rings. The second-order valence-corrected chi connectivity index (χ2v) is 5.11. The Balaban J connectivity index is 1.87. The Bertz CT molecular complexity index is 917. The van der Waals surface area contributed by atoms with Gasteiger partial charge in [0.25, 0.3) is 0 Å². The normalized spacial score (nSPS) is 10.8. The summed E-state index contributed by atoms with van der Waals surface area (Å²) in [6, 6.07) is 10.7. The first kappa shape index (κ1) is 14.3. The number of H-pyrrole nitrogens is 1. The summed E-state index contributed by atoms with van der Waals surface area (Å²) in [7, 11) is 0. The average Bonchev–Trinajstić information content (AvgIpc) is 2.77. The lowest BCUT2D eigenvalue weighted by Crippen LogP contribution is -2.25. The van der Waals surface area contributed by atoms with Gasteiger partial charge in [0, 0.05) is 0 Å². The van der Waals surface area contributed by atoms with Crippen LogP contribution in [0.2, 0.25) is 5.02 Å². The SMILES string of the molecule is O=C(Cn1c(=O)[nH]c2cc(F)ccc21)Nc1ccccc1Cl. The number of imidazole rings is 1. The molecule has 0 fully saturated rings. The van der Waals surface area contributed by atoms with Crippen molar-refractivity contribution in [1.82, 2.24) is 9.55 Å². The molecule has 1 aromatic heterocycles. The van der Waals surface area contributed by atoms with Crippen LogP contribution in [-0.4, -0.2) is 15.5 Å². The van der Waals surface area contributed by atoms with Crippen molar-refractivity contribution in [3.63, 3.8) is 0 Å². The molecule has 7 heteroatoms. The van der Waals surface area contributed by atoms with Gasteiger partial charge < -0.3 is 10.3 Å². The Morgan fingerprint density at radius 2 is 2.05 bits per heavy atom. The van der Waals surface area contributed by atoms with Gasteiger partial charge in [-0.25, -0.2) is 9.18 Å². The van der Waals surface area contributed by atoms with Gasteiger partial charge in [-0.2, -0.15) is 0 Å². The van der Waals surface area contributed by atoms with E-state index in [9.17, 15) is 14.0 Å². The molecule has 1 heterocycles. The first-order valence-electron chi connectivity index (χ1n) is 6.47. The molecular weight excluding hydrogens is 309 g/mol. The number of hydrogen-bond donors (Lipinski definition) is 2. The average molecular weight is 320 g/mol. The molecule has 0 atom stereocenters. The molecule has 0 saturated heterocycles. The number of amides is 1. The Morgan fingerprint density at radius 3 is 2.82 bits per heavy atom. The van der Waals surface area contributed by atoms with Crippen LogP contribution < -0.4 is 11.0 Å². The largest absolute Gasteiger partial charge is 0.326 e. The number of halogens is 2. The molecule has 0 spiro atoms. The fourth-order valence-corrected chi connectivity index (χ4v) is 2.37. The summed E-state index contributed by atoms with van der Waals surface area (Å²) in [5.41, 5.74) is 0.791. The van der Waals surface area contributed by atoms with Crippen molar-refractivity contribution in [2.45, 2.75) is 6.54 Å². The highest BCUT2D eigenvalue weighted by atomic mass is 35.5. The number of benzene rings is 2. The maximum Gasteiger partial charge on any atom is 0.326 e. The molecule has 0 aliphatic rings. The molecule has 3 rings (SSSR count). The van der Waals surface area contributed by atoms with E-state index in [0.29, 0.717) is 21.7 Å². The van der Waals surface area contributed by atoms with Gasteiger partial charge in [0.15, 0.2) is 0 Å². The number of para-hydroxylation sites is 1. The standard InChI is InChI=1S/C15H11ClFN3O2/c16-10-3-1-2-4-11(10)18-14(21)8-20-13-6-5-9(17)7-12(13)19-15(20)22/h1-7H,8H2,(H,18,21)(H,19,22). The van der Waals surface area contributed by atoms with Gasteiger partial charge in [-0.05, 0) is 30.3 Å². The molecule has 112 valence electrons. The van der Waals surface area contributed by atoms with E-state index in [1.54, 1.807) is 24.3 Å². The second-order valence-electron chi connectivity index (χ2n) is 4.71. The molecule has 1 amide bonds. The summed E-state index contributed by atoms with van der Waals surface area (Å²) in [5, 5.41) is 3.04. The van der Waals surface area contributed by atoms with E-state index in [0.717, 1.165) is 0 Å². The van der Waals surface area contributed by atoms with Gasteiger partial charge in [0.2, 0.25) is 5.91 Å². The lowest BCUT2D eigenvalue weighted by atomic mass is 10.3. The van der Waals surface area contributed by atoms with Gasteiger partial charge in [-0.1, -0.05) is 23.7 Å². The van der Waals surface area contributed by atoms with Gasteiger partial charge >= 0.3 is 5.69 Å². The van der Waals surface area contributed by atoms with Crippen LogP contribution in [0.5, 0.6) is 0 Å². The summed E-state index contributed by atoms with van der Waals surface area (Å²) in [6.07, 6.45) is 0. The second kappa shape index (κ2) is 5.65. The minimum absolute atomic E-state index is 0.199. The first-order chi connectivity index (χ1) is 10.5. The molecule has 0 unspecified atom stereocenters. The maximum atomic E-state index is 13.1. The Labute approximate surface area is 129 Å². The number of fused-ring (bicyclic) bond motifs is 1. The number of anilines is 1. The predicted octanol–water partition coefficient (Wildman–Crippen LogP) is 2.76. The van der Waals surface area contributed by atoms with E-state index in [2.05, 4.69) is 10.3 Å². The molecule has 2 N–H and O–H groups in total. The molecule has 22 heavy (non-hydrogen) atoms. The number of rotatable bonds is 3. The van der Waals surface area contributed by atoms with Crippen LogP contribution in [0, 0.1) is 5.82 Å². The van der Waals surface area contributed by atoms with Crippen LogP contribution in [0.3, 0.4) is 0 Å². The number of aromatic nitrogens is 2. The smallest absolute Gasteiger partial charge is 0.323 e. The molecule has 0 aliphatic heterocycles. The highest BCUT2D eigenvalue weighted by Gasteiger charge is 2.12. The van der Waals surface area contributed by atoms with Gasteiger partial charge in [-0.15, -0.1) is 0 Å². The zero-order valence-corrected chi connectivity index (χ0v) is 12.0. The van der Waals surface area contributed by atoms with Crippen LogP contribution in [-0.2, 0) is 11.3 Å². The summed E-state index contributed by atoms with van der Waals surface area (Å²) in [4.78, 5) is 26.5. The van der Waals surface area contributed by atoms with Crippen LogP contribution in [0.4, 0.5) is 10.1 Å². The number of hydrogen-bond acceptors (Lipinski definition) is 2. The minimum Gasteiger partial charge on any atom is -0.323 e.